The SMILES string of the molecule is CN(N)C1CCS(=O)(=O)C1.Cl. The van der Waals surface area contributed by atoms with E-state index in [0.717, 1.165) is 0 Å². The lowest BCUT2D eigenvalue weighted by molar-refractivity contribution is 0.271. The molecule has 0 saturated carbocycles. The first-order chi connectivity index (χ1) is 4.51. The standard InChI is InChI=1S/C5H12N2O2S.ClH/c1-7(6)5-2-3-10(8,9)4-5;/h5H,2-4,6H2,1H3;1H. The van der Waals surface area contributed by atoms with Gasteiger partial charge in [0.25, 0.3) is 0 Å². The van der Waals surface area contributed by atoms with E-state index in [2.05, 4.69) is 0 Å². The van der Waals surface area contributed by atoms with Gasteiger partial charge >= 0.3 is 0 Å². The molecule has 2 N–H and O–H groups in total. The molecule has 0 aromatic carbocycles. The van der Waals surface area contributed by atoms with Gasteiger partial charge in [-0.25, -0.2) is 13.4 Å². The number of sulfone groups is 1. The molecule has 1 heterocycles. The second-order valence-electron chi connectivity index (χ2n) is 2.72. The summed E-state index contributed by atoms with van der Waals surface area (Å²) in [7, 11) is -1.06. The molecule has 1 aliphatic rings. The summed E-state index contributed by atoms with van der Waals surface area (Å²) < 4.78 is 21.7. The fraction of sp³-hybridized carbons (Fsp3) is 1.00. The van der Waals surface area contributed by atoms with Gasteiger partial charge in [-0.3, -0.25) is 5.84 Å². The highest BCUT2D eigenvalue weighted by Crippen LogP contribution is 2.13. The minimum absolute atomic E-state index is 0. The van der Waals surface area contributed by atoms with Crippen molar-refractivity contribution in [2.45, 2.75) is 12.5 Å². The van der Waals surface area contributed by atoms with Crippen LogP contribution in [0.1, 0.15) is 6.42 Å². The van der Waals surface area contributed by atoms with Gasteiger partial charge < -0.3 is 0 Å². The first kappa shape index (κ1) is 11.2. The minimum Gasteiger partial charge on any atom is -0.269 e. The van der Waals surface area contributed by atoms with Gasteiger partial charge in [0.05, 0.1) is 11.5 Å². The van der Waals surface area contributed by atoms with Gasteiger partial charge in [-0.15, -0.1) is 12.4 Å². The van der Waals surface area contributed by atoms with Crippen LogP contribution in [0.2, 0.25) is 0 Å². The summed E-state index contributed by atoms with van der Waals surface area (Å²) in [5.74, 6) is 5.90. The van der Waals surface area contributed by atoms with Crippen molar-refractivity contribution in [2.24, 2.45) is 5.84 Å². The first-order valence-electron chi connectivity index (χ1n) is 3.19. The Labute approximate surface area is 73.0 Å². The second kappa shape index (κ2) is 3.71. The van der Waals surface area contributed by atoms with Crippen molar-refractivity contribution in [3.8, 4) is 0 Å². The van der Waals surface area contributed by atoms with Gasteiger partial charge in [-0.1, -0.05) is 0 Å². The quantitative estimate of drug-likeness (QED) is 0.454. The Morgan fingerprint density at radius 3 is 2.27 bits per heavy atom. The summed E-state index contributed by atoms with van der Waals surface area (Å²) in [4.78, 5) is 0. The Kier molecular flexibility index (Phi) is 3.76. The molecule has 0 aromatic rings. The molecular weight excluding hydrogens is 188 g/mol. The van der Waals surface area contributed by atoms with Gasteiger partial charge in [0, 0.05) is 13.1 Å². The van der Waals surface area contributed by atoms with E-state index in [0.29, 0.717) is 12.2 Å². The van der Waals surface area contributed by atoms with Crippen molar-refractivity contribution >= 4 is 22.2 Å². The summed E-state index contributed by atoms with van der Waals surface area (Å²) in [6, 6.07) is 0.0324. The predicted octanol–water partition coefficient (Wildman–Crippen LogP) is -0.599. The Balaban J connectivity index is 0.000001000. The number of hydrazine groups is 1. The third-order valence-electron chi connectivity index (χ3n) is 1.78. The van der Waals surface area contributed by atoms with E-state index in [1.54, 1.807) is 7.05 Å². The molecule has 1 unspecified atom stereocenters. The van der Waals surface area contributed by atoms with E-state index in [-0.39, 0.29) is 24.2 Å². The summed E-state index contributed by atoms with van der Waals surface area (Å²) in [5.41, 5.74) is 0. The topological polar surface area (TPSA) is 63.4 Å². The van der Waals surface area contributed by atoms with Crippen molar-refractivity contribution in [1.82, 2.24) is 5.01 Å². The number of halogens is 1. The molecule has 0 spiro atoms. The predicted molar refractivity (Wildman–Crippen MR) is 46.3 cm³/mol. The lowest BCUT2D eigenvalue weighted by Crippen LogP contribution is -2.38. The molecule has 1 aliphatic heterocycles. The Hall–Kier alpha value is 0.160. The Morgan fingerprint density at radius 1 is 1.55 bits per heavy atom. The van der Waals surface area contributed by atoms with Crippen LogP contribution in [0.4, 0.5) is 0 Å². The molecule has 0 bridgehead atoms. The third kappa shape index (κ3) is 2.94. The maximum atomic E-state index is 10.9. The second-order valence-corrected chi connectivity index (χ2v) is 4.95. The lowest BCUT2D eigenvalue weighted by Gasteiger charge is -2.15. The summed E-state index contributed by atoms with van der Waals surface area (Å²) >= 11 is 0. The van der Waals surface area contributed by atoms with Crippen LogP contribution in [0.5, 0.6) is 0 Å². The molecular formula is C5H13ClN2O2S. The fourth-order valence-electron chi connectivity index (χ4n) is 1.10. The molecule has 0 aromatic heterocycles. The number of nitrogens with zero attached hydrogens (tertiary/aromatic N) is 1. The molecule has 0 radical (unpaired) electrons. The molecule has 1 fully saturated rings. The van der Waals surface area contributed by atoms with E-state index in [9.17, 15) is 8.42 Å². The Morgan fingerprint density at radius 2 is 2.09 bits per heavy atom. The number of hydrogen-bond acceptors (Lipinski definition) is 4. The molecule has 4 nitrogen and oxygen atoms in total. The minimum atomic E-state index is -2.76. The molecule has 68 valence electrons. The zero-order valence-electron chi connectivity index (χ0n) is 6.36. The zero-order valence-corrected chi connectivity index (χ0v) is 7.99. The van der Waals surface area contributed by atoms with E-state index in [4.69, 9.17) is 5.84 Å². The fourth-order valence-corrected chi connectivity index (χ4v) is 2.88. The number of rotatable bonds is 1. The summed E-state index contributed by atoms with van der Waals surface area (Å²) in [6.45, 7) is 0. The largest absolute Gasteiger partial charge is 0.269 e. The highest BCUT2D eigenvalue weighted by atomic mass is 35.5. The molecule has 6 heteroatoms. The van der Waals surface area contributed by atoms with Crippen LogP contribution in [0, 0.1) is 0 Å². The van der Waals surface area contributed by atoms with Gasteiger partial charge in [-0.05, 0) is 6.42 Å². The molecule has 1 rings (SSSR count). The van der Waals surface area contributed by atoms with Gasteiger partial charge in [0.2, 0.25) is 0 Å². The van der Waals surface area contributed by atoms with Crippen molar-refractivity contribution in [1.29, 1.82) is 0 Å². The lowest BCUT2D eigenvalue weighted by atomic mass is 10.3. The summed E-state index contributed by atoms with van der Waals surface area (Å²) in [6.07, 6.45) is 0.676. The smallest absolute Gasteiger partial charge is 0.151 e. The number of hydrogen-bond donors (Lipinski definition) is 1. The molecule has 0 amide bonds. The van der Waals surface area contributed by atoms with E-state index in [1.165, 1.54) is 5.01 Å². The highest BCUT2D eigenvalue weighted by Gasteiger charge is 2.29. The average Bonchev–Trinajstić information content (AvgIpc) is 2.10. The van der Waals surface area contributed by atoms with Crippen molar-refractivity contribution in [3.05, 3.63) is 0 Å². The maximum Gasteiger partial charge on any atom is 0.151 e. The highest BCUT2D eigenvalue weighted by molar-refractivity contribution is 7.91. The number of nitrogens with two attached hydrogens (primary N) is 1. The van der Waals surface area contributed by atoms with Crippen molar-refractivity contribution in [2.75, 3.05) is 18.6 Å². The monoisotopic (exact) mass is 200 g/mol. The van der Waals surface area contributed by atoms with Crippen LogP contribution < -0.4 is 5.84 Å². The van der Waals surface area contributed by atoms with Crippen LogP contribution in [-0.4, -0.2) is 38.0 Å². The first-order valence-corrected chi connectivity index (χ1v) is 5.01. The normalized spacial score (nSPS) is 28.5. The average molecular weight is 201 g/mol. The van der Waals surface area contributed by atoms with Gasteiger partial charge in [0.15, 0.2) is 9.84 Å². The third-order valence-corrected chi connectivity index (χ3v) is 3.53. The maximum absolute atomic E-state index is 10.9. The van der Waals surface area contributed by atoms with Crippen LogP contribution in [0.25, 0.3) is 0 Å². The van der Waals surface area contributed by atoms with Crippen LogP contribution >= 0.6 is 12.4 Å². The molecule has 1 saturated heterocycles. The molecule has 0 aliphatic carbocycles. The van der Waals surface area contributed by atoms with Crippen LogP contribution in [-0.2, 0) is 9.84 Å². The summed E-state index contributed by atoms with van der Waals surface area (Å²) in [5, 5.41) is 1.48. The van der Waals surface area contributed by atoms with Crippen LogP contribution in [0.15, 0.2) is 0 Å². The molecule has 11 heavy (non-hydrogen) atoms. The van der Waals surface area contributed by atoms with Gasteiger partial charge in [0.1, 0.15) is 0 Å². The Bertz CT molecular complexity index is 215. The van der Waals surface area contributed by atoms with E-state index in [1.807, 2.05) is 0 Å². The van der Waals surface area contributed by atoms with Crippen molar-refractivity contribution < 1.29 is 8.42 Å². The van der Waals surface area contributed by atoms with Crippen LogP contribution in [0.3, 0.4) is 0 Å². The zero-order chi connectivity index (χ0) is 7.78. The van der Waals surface area contributed by atoms with E-state index >= 15 is 0 Å². The van der Waals surface area contributed by atoms with E-state index < -0.39 is 9.84 Å². The molecule has 1 atom stereocenters. The van der Waals surface area contributed by atoms with Crippen molar-refractivity contribution in [3.63, 3.8) is 0 Å². The van der Waals surface area contributed by atoms with Gasteiger partial charge in [-0.2, -0.15) is 0 Å².